The molecule has 1 unspecified atom stereocenters. The van der Waals surface area contributed by atoms with Gasteiger partial charge in [0, 0.05) is 35.8 Å². The predicted octanol–water partition coefficient (Wildman–Crippen LogP) is 1.11. The number of carboxylic acids is 1. The van der Waals surface area contributed by atoms with E-state index in [-0.39, 0.29) is 30.2 Å². The Hall–Kier alpha value is -2.90. The largest absolute Gasteiger partial charge is 0.481 e. The molecule has 1 saturated heterocycles. The topological polar surface area (TPSA) is 116 Å². The number of piperidine rings is 1. The van der Waals surface area contributed by atoms with Gasteiger partial charge in [0.05, 0.1) is 5.92 Å². The summed E-state index contributed by atoms with van der Waals surface area (Å²) in [5.41, 5.74) is 2.19. The highest BCUT2D eigenvalue weighted by atomic mass is 16.4. The number of amides is 3. The number of rotatable bonds is 4. The van der Waals surface area contributed by atoms with Crippen molar-refractivity contribution in [3.05, 3.63) is 29.3 Å². The average molecular weight is 371 g/mol. The lowest BCUT2D eigenvalue weighted by molar-refractivity contribution is -0.141. The average Bonchev–Trinajstić information content (AvgIpc) is 3.21. The fourth-order valence-electron chi connectivity index (χ4n) is 4.28. The first kappa shape index (κ1) is 17.5. The van der Waals surface area contributed by atoms with Crippen LogP contribution in [0.2, 0.25) is 0 Å². The maximum absolute atomic E-state index is 12.8. The van der Waals surface area contributed by atoms with Crippen molar-refractivity contribution in [3.8, 4) is 0 Å². The van der Waals surface area contributed by atoms with Crippen molar-refractivity contribution in [2.45, 2.75) is 50.7 Å². The van der Waals surface area contributed by atoms with E-state index in [2.05, 4.69) is 10.6 Å². The summed E-state index contributed by atoms with van der Waals surface area (Å²) in [6.07, 6.45) is 2.52. The highest BCUT2D eigenvalue weighted by molar-refractivity contribution is 6.06. The van der Waals surface area contributed by atoms with Gasteiger partial charge in [0.2, 0.25) is 11.8 Å². The minimum Gasteiger partial charge on any atom is -0.481 e. The number of nitrogens with one attached hydrogen (secondary N) is 2. The molecule has 0 spiro atoms. The molecule has 142 valence electrons. The molecule has 3 amide bonds. The van der Waals surface area contributed by atoms with Gasteiger partial charge in [-0.3, -0.25) is 24.5 Å². The molecule has 4 rings (SSSR count). The molecule has 8 heteroatoms. The van der Waals surface area contributed by atoms with Gasteiger partial charge in [-0.25, -0.2) is 0 Å². The van der Waals surface area contributed by atoms with E-state index in [1.165, 1.54) is 4.90 Å². The number of carboxylic acid groups (broad SMARTS) is 1. The Balaban J connectivity index is 1.52. The summed E-state index contributed by atoms with van der Waals surface area (Å²) in [7, 11) is 0. The summed E-state index contributed by atoms with van der Waals surface area (Å²) in [5.74, 6) is -2.05. The van der Waals surface area contributed by atoms with Crippen LogP contribution in [0.5, 0.6) is 0 Å². The number of aliphatic carboxylic acids is 1. The molecule has 3 aliphatic rings. The van der Waals surface area contributed by atoms with Crippen molar-refractivity contribution in [3.63, 3.8) is 0 Å². The van der Waals surface area contributed by atoms with Gasteiger partial charge in [-0.05, 0) is 37.8 Å². The maximum Gasteiger partial charge on any atom is 0.306 e. The Kier molecular flexibility index (Phi) is 4.33. The van der Waals surface area contributed by atoms with Gasteiger partial charge in [0.1, 0.15) is 6.04 Å². The third kappa shape index (κ3) is 3.15. The number of anilines is 1. The molecule has 0 radical (unpaired) electrons. The van der Waals surface area contributed by atoms with E-state index in [1.807, 2.05) is 6.07 Å². The first-order valence-electron chi connectivity index (χ1n) is 9.20. The number of hydrogen-bond acceptors (Lipinski definition) is 5. The number of nitrogens with zero attached hydrogens (tertiary/aromatic N) is 1. The van der Waals surface area contributed by atoms with Crippen LogP contribution in [-0.4, -0.2) is 45.8 Å². The van der Waals surface area contributed by atoms with Crippen molar-refractivity contribution < 1.29 is 24.3 Å². The molecule has 1 aromatic rings. The summed E-state index contributed by atoms with van der Waals surface area (Å²) in [5, 5.41) is 14.9. The van der Waals surface area contributed by atoms with E-state index in [0.29, 0.717) is 31.4 Å². The van der Waals surface area contributed by atoms with E-state index < -0.39 is 17.9 Å². The van der Waals surface area contributed by atoms with Crippen molar-refractivity contribution in [2.75, 3.05) is 5.32 Å². The first-order valence-corrected chi connectivity index (χ1v) is 9.20. The van der Waals surface area contributed by atoms with Crippen molar-refractivity contribution in [1.29, 1.82) is 0 Å². The highest BCUT2D eigenvalue weighted by Crippen LogP contribution is 2.35. The second-order valence-electron chi connectivity index (χ2n) is 7.42. The van der Waals surface area contributed by atoms with E-state index in [4.69, 9.17) is 5.11 Å². The Morgan fingerprint density at radius 1 is 1.19 bits per heavy atom. The molecule has 0 aromatic heterocycles. The maximum atomic E-state index is 12.8. The van der Waals surface area contributed by atoms with Gasteiger partial charge in [0.15, 0.2) is 0 Å². The van der Waals surface area contributed by atoms with E-state index in [9.17, 15) is 19.2 Å². The Morgan fingerprint density at radius 2 is 2.00 bits per heavy atom. The Labute approximate surface area is 155 Å². The van der Waals surface area contributed by atoms with Crippen LogP contribution < -0.4 is 10.6 Å². The fraction of sp³-hybridized carbons (Fsp3) is 0.474. The molecule has 1 aliphatic carbocycles. The smallest absolute Gasteiger partial charge is 0.306 e. The zero-order valence-electron chi connectivity index (χ0n) is 14.7. The lowest BCUT2D eigenvalue weighted by atomic mass is 10.0. The van der Waals surface area contributed by atoms with Crippen LogP contribution in [0.15, 0.2) is 18.2 Å². The fourth-order valence-corrected chi connectivity index (χ4v) is 4.28. The van der Waals surface area contributed by atoms with Gasteiger partial charge < -0.3 is 15.3 Å². The summed E-state index contributed by atoms with van der Waals surface area (Å²) in [6, 6.07) is 4.82. The van der Waals surface area contributed by atoms with Gasteiger partial charge in [0.25, 0.3) is 5.91 Å². The predicted molar refractivity (Wildman–Crippen MR) is 94.9 cm³/mol. The molecular weight excluding hydrogens is 350 g/mol. The minimum absolute atomic E-state index is 0.0531. The van der Waals surface area contributed by atoms with Gasteiger partial charge in [-0.2, -0.15) is 0 Å². The second kappa shape index (κ2) is 6.68. The minimum atomic E-state index is -0.767. The van der Waals surface area contributed by atoms with Crippen LogP contribution in [-0.2, 0) is 20.9 Å². The highest BCUT2D eigenvalue weighted by Gasteiger charge is 2.40. The molecule has 2 aliphatic heterocycles. The van der Waals surface area contributed by atoms with Gasteiger partial charge in [-0.1, -0.05) is 6.07 Å². The van der Waals surface area contributed by atoms with Crippen molar-refractivity contribution in [1.82, 2.24) is 10.2 Å². The summed E-state index contributed by atoms with van der Waals surface area (Å²) < 4.78 is 0. The molecule has 2 heterocycles. The molecule has 2 fully saturated rings. The second-order valence-corrected chi connectivity index (χ2v) is 7.42. The Bertz CT molecular complexity index is 837. The van der Waals surface area contributed by atoms with Crippen LogP contribution in [0.3, 0.4) is 0 Å². The number of carbonyl (C=O) groups is 4. The van der Waals surface area contributed by atoms with E-state index in [0.717, 1.165) is 17.7 Å². The molecule has 27 heavy (non-hydrogen) atoms. The van der Waals surface area contributed by atoms with Crippen LogP contribution >= 0.6 is 0 Å². The lowest BCUT2D eigenvalue weighted by Gasteiger charge is -2.29. The summed E-state index contributed by atoms with van der Waals surface area (Å²) in [6.45, 7) is 0.304. The number of hydrogen-bond donors (Lipinski definition) is 3. The number of benzene rings is 1. The zero-order valence-corrected chi connectivity index (χ0v) is 14.7. The third-order valence-electron chi connectivity index (χ3n) is 5.72. The summed E-state index contributed by atoms with van der Waals surface area (Å²) >= 11 is 0. The zero-order chi connectivity index (χ0) is 19.1. The van der Waals surface area contributed by atoms with Crippen LogP contribution in [0.1, 0.15) is 48.0 Å². The van der Waals surface area contributed by atoms with Crippen LogP contribution in [0.4, 0.5) is 5.69 Å². The monoisotopic (exact) mass is 371 g/mol. The molecule has 3 N–H and O–H groups in total. The standard InChI is InChI=1S/C19H21N3O5/c23-16-7-6-15(17(24)21-16)22-9-13-12(18(22)25)2-1-3-14(13)20-11-5-4-10(8-11)19(26)27/h1-3,10-11,15,20H,4-9H2,(H,26,27)(H,21,23,24)/t10-,11+,15?/m0/s1. The van der Waals surface area contributed by atoms with Crippen LogP contribution in [0, 0.1) is 5.92 Å². The van der Waals surface area contributed by atoms with Gasteiger partial charge >= 0.3 is 5.97 Å². The van der Waals surface area contributed by atoms with Crippen molar-refractivity contribution in [2.24, 2.45) is 5.92 Å². The van der Waals surface area contributed by atoms with Gasteiger partial charge in [-0.15, -0.1) is 0 Å². The number of imide groups is 1. The molecule has 1 saturated carbocycles. The molecule has 3 atom stereocenters. The van der Waals surface area contributed by atoms with E-state index in [1.54, 1.807) is 12.1 Å². The quantitative estimate of drug-likeness (QED) is 0.683. The van der Waals surface area contributed by atoms with E-state index >= 15 is 0 Å². The number of carbonyl (C=O) groups excluding carboxylic acids is 3. The molecule has 1 aromatic carbocycles. The first-order chi connectivity index (χ1) is 12.9. The normalized spacial score (nSPS) is 27.5. The lowest BCUT2D eigenvalue weighted by Crippen LogP contribution is -2.52. The van der Waals surface area contributed by atoms with Crippen LogP contribution in [0.25, 0.3) is 0 Å². The molecular formula is C19H21N3O5. The third-order valence-corrected chi connectivity index (χ3v) is 5.72. The summed E-state index contributed by atoms with van der Waals surface area (Å²) in [4.78, 5) is 49.0. The van der Waals surface area contributed by atoms with Crippen molar-refractivity contribution >= 4 is 29.4 Å². The number of fused-ring (bicyclic) bond motifs is 1. The molecule has 0 bridgehead atoms. The Morgan fingerprint density at radius 3 is 2.70 bits per heavy atom. The molecule has 8 nitrogen and oxygen atoms in total. The SMILES string of the molecule is O=C1CCC(N2Cc3c(N[C@@H]4CC[C@H](C(=O)O)C4)cccc3C2=O)C(=O)N1.